The average molecular weight is 1890 g/mol. The molecule has 0 unspecified atom stereocenters. The Hall–Kier alpha value is -13.4. The van der Waals surface area contributed by atoms with E-state index in [4.69, 9.17) is 98.6 Å². The van der Waals surface area contributed by atoms with E-state index in [1.807, 2.05) is 48.6 Å². The van der Waals surface area contributed by atoms with E-state index in [0.717, 1.165) is 32.4 Å². The number of H-pyrrole nitrogens is 1. The van der Waals surface area contributed by atoms with Crippen molar-refractivity contribution in [3.05, 3.63) is 264 Å². The first kappa shape index (κ1) is 107. The number of amides is 3. The molecular weight excluding hydrogens is 1780 g/mol. The molecule has 37 nitrogen and oxygen atoms in total. The largest absolute Gasteiger partial charge is 0.490 e. The number of nitrogens with zero attached hydrogens (tertiary/aromatic N) is 11. The van der Waals surface area contributed by atoms with Crippen LogP contribution in [-0.4, -0.2) is 146 Å². The van der Waals surface area contributed by atoms with E-state index in [0.29, 0.717) is 110 Å². The standard InChI is InChI=1S/C22H26N4O6.C20H22N4O6.C18H19BrN4O5.C18H18N4O3.C4H8O.CH2Cl2.2CH4.V.H2/c1-4-7-12-32-19-14-18(20(26(28)29)21(23)24-19)25(22(27)30-6-3)15-16-9-8-10-17(13-16)31-11-5-2;1-2-28-20(25)23-13-14-7-6-8-15(11-14)29-9-4-3-5-10-30-17-12-16(23)18(24(26)27)19(21)22-17;1-3-8-28-13-7-5-6-12(9-13)11-22(18(24)27-4-2)14-10-15(19)21-17(20)16(14)23(25)26;19-17-16-14-10-15(20-17)25-8-3-1-2-7-24-13-6-4-5-12(9-13)11-22(14)18(23)21-16;1-2-3-4-5;2-1-3;;;;/h4-5,8-10,13-14H,1-2,6-7,11-12,15H2,3H3,(H2,23,24);3-4,6-8,11-12H,2,5,9-10,13H2,1H3,(H2,21,22);3,5-7,9-10H,1,4,8,11H2,2H3,(H2,20,21);1-2,4-6,9-10H,3,7-8,11H2,(H2,19,20)(H,21,23);2,5H,1,3-4H2;1H2;2*1H4;;1H/b;4-3+;;2-1+;;;;;;/i;;;;;;;;;1+1. The third-order valence-corrected chi connectivity index (χ3v) is 16.7. The average Bonchev–Trinajstić information content (AvgIpc) is 1.63. The first-order chi connectivity index (χ1) is 59.3. The summed E-state index contributed by atoms with van der Waals surface area (Å²) in [4.78, 5) is 105. The Kier molecular flexibility index (Phi) is 48.4. The van der Waals surface area contributed by atoms with Crippen LogP contribution in [0.3, 0.4) is 0 Å². The summed E-state index contributed by atoms with van der Waals surface area (Å²) in [6, 6.07) is 34.5. The molecule has 11 rings (SSSR count). The number of aromatic amines is 1. The Balaban J connectivity index is 0.000000552. The minimum atomic E-state index is -0.782. The van der Waals surface area contributed by atoms with Crippen molar-refractivity contribution in [1.29, 1.82) is 0 Å². The van der Waals surface area contributed by atoms with E-state index in [9.17, 15) is 49.5 Å². The number of nitro groups is 3. The van der Waals surface area contributed by atoms with Gasteiger partial charge in [0.2, 0.25) is 35.1 Å². The second-order valence-corrected chi connectivity index (χ2v) is 26.6. The van der Waals surface area contributed by atoms with E-state index in [1.165, 1.54) is 18.2 Å². The van der Waals surface area contributed by atoms with Gasteiger partial charge >= 0.3 is 41.0 Å². The number of nitrogens with two attached hydrogens (primary N) is 4. The molecule has 0 aliphatic carbocycles. The maximum absolute atomic E-state index is 12.8. The van der Waals surface area contributed by atoms with Crippen LogP contribution in [0.5, 0.6) is 40.6 Å². The van der Waals surface area contributed by atoms with Crippen molar-refractivity contribution in [2.45, 2.75) is 87.5 Å². The molecule has 41 heteroatoms. The number of ether oxygens (including phenoxy) is 10. The topological polar surface area (TPSA) is 496 Å². The summed E-state index contributed by atoms with van der Waals surface area (Å²) in [6.07, 6.45) is 14.5. The normalized spacial score (nSPS) is 12.0. The van der Waals surface area contributed by atoms with E-state index in [1.54, 1.807) is 129 Å². The number of hydrogen-bond donors (Lipinski definition) is 6. The molecule has 2 aliphatic heterocycles. The zero-order valence-electron chi connectivity index (χ0n) is 68.1. The number of pyridine rings is 4. The summed E-state index contributed by atoms with van der Waals surface area (Å²) < 4.78 is 56.4. The molecule has 0 saturated carbocycles. The number of alkyl halides is 2. The molecule has 677 valence electrons. The molecule has 8 bridgehead atoms. The number of fused-ring (bicyclic) bond motifs is 7. The number of aliphatic hydroxyl groups excluding tert-OH is 1. The SMILES string of the molecule is C.C.C=CCCO.C=CCCOc1cc(N(Cc2cccc(OCC=C)c2)C(=O)OCC)c([N+](=O)[O-])c(N)n1.C=CCOc1cccc(CN(C(=O)OCC)c2cc(Br)nc(N)c2[N+](=O)[O-])c1.CCOC(=O)N1Cc2cccc(c2)OC/C=C/CCOc2cc1c([N+](=O)[O-])c(N)n2.ClCCl.Nc1nc2cc3c1[nH]c(=O)n3Cc1cccc(c1)OC/C=C/CCO2.[2HH].[V]. The Labute approximate surface area is 760 Å². The van der Waals surface area contributed by atoms with Gasteiger partial charge in [-0.3, -0.25) is 49.6 Å². The fraction of sp³-hybridized carbons (Fsp3) is 0.294. The molecule has 1 radical (unpaired) electrons. The minimum Gasteiger partial charge on any atom is -0.490 e. The fourth-order valence-electron chi connectivity index (χ4n) is 11.0. The van der Waals surface area contributed by atoms with Crippen LogP contribution in [0.1, 0.15) is 85.0 Å². The molecular formula is C85H105BrCl2N16O21V. The first-order valence-electron chi connectivity index (χ1n) is 37.7. The van der Waals surface area contributed by atoms with Crippen molar-refractivity contribution in [3.8, 4) is 40.6 Å². The summed E-state index contributed by atoms with van der Waals surface area (Å²) >= 11 is 12.7. The smallest absolute Gasteiger partial charge is 0.414 e. The third-order valence-electron chi connectivity index (χ3n) is 16.3. The molecule has 4 aromatic carbocycles. The summed E-state index contributed by atoms with van der Waals surface area (Å²) in [6.45, 7) is 22.5. The summed E-state index contributed by atoms with van der Waals surface area (Å²) in [5, 5.41) is 43.2. The second-order valence-electron chi connectivity index (χ2n) is 25.0. The fourth-order valence-corrected chi connectivity index (χ4v) is 11.5. The number of benzene rings is 4. The quantitative estimate of drug-likeness (QED) is 0.00622. The molecule has 0 saturated heterocycles. The molecule has 0 atom stereocenters. The number of imidazole rings is 1. The van der Waals surface area contributed by atoms with Crippen LogP contribution in [0, 0.1) is 30.3 Å². The predicted molar refractivity (Wildman–Crippen MR) is 488 cm³/mol. The van der Waals surface area contributed by atoms with Crippen molar-refractivity contribution >= 4 is 126 Å². The van der Waals surface area contributed by atoms with Crippen LogP contribution in [0.4, 0.5) is 71.8 Å². The molecule has 0 fully saturated rings. The Morgan fingerprint density at radius 1 is 0.595 bits per heavy atom. The van der Waals surface area contributed by atoms with Gasteiger partial charge in [0.05, 0.1) is 91.4 Å². The van der Waals surface area contributed by atoms with Crippen LogP contribution in [0.25, 0.3) is 11.0 Å². The van der Waals surface area contributed by atoms with Crippen LogP contribution >= 0.6 is 39.1 Å². The van der Waals surface area contributed by atoms with Crippen molar-refractivity contribution in [3.63, 3.8) is 0 Å². The third kappa shape index (κ3) is 33.7. The number of aliphatic hydroxyl groups is 1. The van der Waals surface area contributed by atoms with E-state index < -0.39 is 50.1 Å². The zero-order chi connectivity index (χ0) is 89.8. The first-order valence-corrected chi connectivity index (χ1v) is 39.6. The summed E-state index contributed by atoms with van der Waals surface area (Å²) in [5.74, 6) is 2.25. The van der Waals surface area contributed by atoms with Gasteiger partial charge < -0.3 is 80.4 Å². The van der Waals surface area contributed by atoms with E-state index >= 15 is 0 Å². The van der Waals surface area contributed by atoms with Crippen molar-refractivity contribution in [2.24, 2.45) is 0 Å². The van der Waals surface area contributed by atoms with Gasteiger partial charge in [0, 0.05) is 50.9 Å². The van der Waals surface area contributed by atoms with Crippen LogP contribution in [0.2, 0.25) is 0 Å². The van der Waals surface area contributed by atoms with Gasteiger partial charge in [-0.2, -0.15) is 15.0 Å². The van der Waals surface area contributed by atoms with Crippen LogP contribution in [-0.2, 0) is 58.9 Å². The Bertz CT molecular complexity index is 5230. The van der Waals surface area contributed by atoms with E-state index in [2.05, 4.69) is 67.2 Å². The molecule has 5 aromatic heterocycles. The molecule has 0 spiro atoms. The van der Waals surface area contributed by atoms with Gasteiger partial charge in [0.15, 0.2) is 5.82 Å². The van der Waals surface area contributed by atoms with Crippen molar-refractivity contribution < 1.29 is 102 Å². The van der Waals surface area contributed by atoms with Crippen molar-refractivity contribution in [1.82, 2.24) is 29.5 Å². The Morgan fingerprint density at radius 3 is 1.54 bits per heavy atom. The Morgan fingerprint density at radius 2 is 1.06 bits per heavy atom. The zero-order valence-corrected chi connectivity index (χ0v) is 72.6. The molecule has 7 heterocycles. The summed E-state index contributed by atoms with van der Waals surface area (Å²) in [5.41, 5.74) is 25.7. The number of nitrogen functional groups attached to an aromatic ring is 4. The van der Waals surface area contributed by atoms with Crippen LogP contribution in [0.15, 0.2) is 206 Å². The van der Waals surface area contributed by atoms with E-state index in [-0.39, 0.29) is 162 Å². The number of halogens is 3. The molecule has 10 N–H and O–H groups in total. The number of aromatic nitrogens is 6. The number of nitrogens with one attached hydrogen (secondary N) is 1. The minimum absolute atomic E-state index is 0. The number of carbonyl (C=O) groups excluding carboxylic acids is 3. The number of anilines is 7. The van der Waals surface area contributed by atoms with Gasteiger partial charge in [0.1, 0.15) is 76.6 Å². The van der Waals surface area contributed by atoms with Gasteiger partial charge in [0.25, 0.3) is 0 Å². The maximum atomic E-state index is 12.8. The van der Waals surface area contributed by atoms with Gasteiger partial charge in [-0.25, -0.2) is 24.2 Å². The number of hydrogen-bond acceptors (Lipinski definition) is 29. The molecule has 126 heavy (non-hydrogen) atoms. The number of rotatable bonds is 24. The monoisotopic (exact) mass is 1890 g/mol. The summed E-state index contributed by atoms with van der Waals surface area (Å²) in [7, 11) is 0. The second kappa shape index (κ2) is 57.1. The van der Waals surface area contributed by atoms with Gasteiger partial charge in [-0.15, -0.1) is 36.4 Å². The van der Waals surface area contributed by atoms with Gasteiger partial charge in [-0.1, -0.05) is 125 Å². The molecule has 9 aromatic rings. The number of carbonyl (C=O) groups is 3. The van der Waals surface area contributed by atoms with Crippen molar-refractivity contribution in [2.75, 3.05) is 116 Å². The molecule has 3 amide bonds. The molecule has 2 aliphatic rings. The van der Waals surface area contributed by atoms with Gasteiger partial charge in [-0.05, 0) is 133 Å². The maximum Gasteiger partial charge on any atom is 0.414 e. The van der Waals surface area contributed by atoms with Crippen LogP contribution < -0.4 is 76.5 Å². The predicted octanol–water partition coefficient (Wildman–Crippen LogP) is 17.3.